The largest absolute Gasteiger partial charge is 0.298 e. The van der Waals surface area contributed by atoms with Gasteiger partial charge in [-0.1, -0.05) is 11.9 Å². The van der Waals surface area contributed by atoms with Crippen LogP contribution in [0.3, 0.4) is 0 Å². The zero-order chi connectivity index (χ0) is 8.10. The Hall–Kier alpha value is -1.10. The highest BCUT2D eigenvalue weighted by atomic mass is 32.2. The van der Waals surface area contributed by atoms with Crippen LogP contribution >= 0.6 is 11.9 Å². The van der Waals surface area contributed by atoms with Gasteiger partial charge in [0.2, 0.25) is 5.95 Å². The lowest BCUT2D eigenvalue weighted by molar-refractivity contribution is 0.111. The average molecular weight is 169 g/mol. The maximum Gasteiger partial charge on any atom is 0.233 e. The minimum Gasteiger partial charge on any atom is -0.298 e. The van der Waals surface area contributed by atoms with Crippen LogP contribution < -0.4 is 4.72 Å². The molecule has 0 saturated heterocycles. The van der Waals surface area contributed by atoms with E-state index in [1.54, 1.807) is 6.07 Å². The maximum atomic E-state index is 10.2. The van der Waals surface area contributed by atoms with Crippen molar-refractivity contribution in [2.45, 2.75) is 0 Å². The number of nitrogens with one attached hydrogen (secondary N) is 1. The first-order chi connectivity index (χ1) is 5.36. The first-order valence-electron chi connectivity index (χ1n) is 2.94. The molecule has 0 aliphatic rings. The van der Waals surface area contributed by atoms with Crippen LogP contribution in [0, 0.1) is 0 Å². The zero-order valence-corrected chi connectivity index (χ0v) is 6.76. The van der Waals surface area contributed by atoms with Crippen molar-refractivity contribution in [3.05, 3.63) is 18.0 Å². The second-order valence-corrected chi connectivity index (χ2v) is 2.34. The van der Waals surface area contributed by atoms with Gasteiger partial charge < -0.3 is 0 Å². The van der Waals surface area contributed by atoms with Gasteiger partial charge in [-0.15, -0.1) is 0 Å². The van der Waals surface area contributed by atoms with Gasteiger partial charge in [0, 0.05) is 12.5 Å². The third-order valence-electron chi connectivity index (χ3n) is 0.991. The van der Waals surface area contributed by atoms with Gasteiger partial charge in [0.15, 0.2) is 6.29 Å². The first-order valence-corrected chi connectivity index (χ1v) is 4.16. The van der Waals surface area contributed by atoms with Crippen LogP contribution in [0.5, 0.6) is 0 Å². The molecule has 1 rings (SSSR count). The minimum absolute atomic E-state index is 0.386. The van der Waals surface area contributed by atoms with Crippen LogP contribution in [-0.4, -0.2) is 22.5 Å². The Morgan fingerprint density at radius 3 is 3.18 bits per heavy atom. The molecule has 0 radical (unpaired) electrons. The summed E-state index contributed by atoms with van der Waals surface area (Å²) in [6.07, 6.45) is 4.08. The molecule has 0 fully saturated rings. The second kappa shape index (κ2) is 3.92. The summed E-state index contributed by atoms with van der Waals surface area (Å²) < 4.78 is 2.82. The third-order valence-corrected chi connectivity index (χ3v) is 1.38. The highest BCUT2D eigenvalue weighted by Gasteiger charge is 1.94. The normalized spacial score (nSPS) is 9.18. The van der Waals surface area contributed by atoms with Gasteiger partial charge in [0.05, 0.1) is 0 Å². The monoisotopic (exact) mass is 169 g/mol. The molecule has 0 unspecified atom stereocenters. The molecule has 1 N–H and O–H groups in total. The minimum atomic E-state index is 0.386. The SMILES string of the molecule is CSNc1nccc(C=O)n1. The molecule has 0 saturated carbocycles. The van der Waals surface area contributed by atoms with Crippen LogP contribution in [0.2, 0.25) is 0 Å². The van der Waals surface area contributed by atoms with Crippen LogP contribution in [0.4, 0.5) is 5.95 Å². The molecule has 0 atom stereocenters. The summed E-state index contributed by atoms with van der Waals surface area (Å²) >= 11 is 1.38. The van der Waals surface area contributed by atoms with E-state index >= 15 is 0 Å². The quantitative estimate of drug-likeness (QED) is 0.540. The molecule has 0 aromatic carbocycles. The molecular formula is C6H7N3OS. The molecule has 4 nitrogen and oxygen atoms in total. The molecule has 0 aliphatic carbocycles. The fourth-order valence-corrected chi connectivity index (χ4v) is 0.860. The number of hydrogen-bond donors (Lipinski definition) is 1. The van der Waals surface area contributed by atoms with Crippen molar-refractivity contribution in [3.8, 4) is 0 Å². The Morgan fingerprint density at radius 1 is 1.73 bits per heavy atom. The van der Waals surface area contributed by atoms with Crippen molar-refractivity contribution in [2.24, 2.45) is 0 Å². The zero-order valence-electron chi connectivity index (χ0n) is 5.94. The van der Waals surface area contributed by atoms with Crippen LogP contribution in [0.1, 0.15) is 10.5 Å². The van der Waals surface area contributed by atoms with E-state index in [1.165, 1.54) is 18.1 Å². The Kier molecular flexibility index (Phi) is 2.85. The van der Waals surface area contributed by atoms with Gasteiger partial charge >= 0.3 is 0 Å². The third kappa shape index (κ3) is 2.19. The smallest absolute Gasteiger partial charge is 0.233 e. The number of nitrogens with zero attached hydrogens (tertiary/aromatic N) is 2. The fraction of sp³-hybridized carbons (Fsp3) is 0.167. The van der Waals surface area contributed by atoms with E-state index in [1.807, 2.05) is 6.26 Å². The molecular weight excluding hydrogens is 162 g/mol. The lowest BCUT2D eigenvalue weighted by Crippen LogP contribution is -1.95. The Balaban J connectivity index is 2.82. The summed E-state index contributed by atoms with van der Waals surface area (Å²) in [4.78, 5) is 18.0. The highest BCUT2D eigenvalue weighted by molar-refractivity contribution is 7.99. The summed E-state index contributed by atoms with van der Waals surface area (Å²) in [5.74, 6) is 0.460. The number of anilines is 1. The maximum absolute atomic E-state index is 10.2. The highest BCUT2D eigenvalue weighted by Crippen LogP contribution is 2.02. The Labute approximate surface area is 68.6 Å². The van der Waals surface area contributed by atoms with Gasteiger partial charge in [0.25, 0.3) is 0 Å². The summed E-state index contributed by atoms with van der Waals surface area (Å²) in [7, 11) is 0. The number of aromatic nitrogens is 2. The van der Waals surface area contributed by atoms with Crippen molar-refractivity contribution in [1.82, 2.24) is 9.97 Å². The van der Waals surface area contributed by atoms with E-state index in [0.29, 0.717) is 17.9 Å². The lowest BCUT2D eigenvalue weighted by atomic mass is 10.4. The number of rotatable bonds is 3. The molecule has 58 valence electrons. The molecule has 0 aliphatic heterocycles. The van der Waals surface area contributed by atoms with E-state index in [0.717, 1.165) is 0 Å². The van der Waals surface area contributed by atoms with Crippen LogP contribution in [0.15, 0.2) is 12.3 Å². The number of hydrogen-bond acceptors (Lipinski definition) is 5. The Morgan fingerprint density at radius 2 is 2.55 bits per heavy atom. The van der Waals surface area contributed by atoms with Gasteiger partial charge in [-0.2, -0.15) is 0 Å². The summed E-state index contributed by atoms with van der Waals surface area (Å²) in [6.45, 7) is 0. The van der Waals surface area contributed by atoms with Crippen molar-refractivity contribution >= 4 is 24.2 Å². The number of carbonyl (C=O) groups is 1. The van der Waals surface area contributed by atoms with E-state index in [4.69, 9.17) is 0 Å². The molecule has 0 spiro atoms. The molecule has 5 heteroatoms. The van der Waals surface area contributed by atoms with Crippen LogP contribution in [0.25, 0.3) is 0 Å². The number of aldehydes is 1. The van der Waals surface area contributed by atoms with E-state index in [2.05, 4.69) is 14.7 Å². The molecule has 11 heavy (non-hydrogen) atoms. The molecule has 1 aromatic rings. The van der Waals surface area contributed by atoms with Crippen molar-refractivity contribution in [2.75, 3.05) is 11.0 Å². The molecule has 1 heterocycles. The summed E-state index contributed by atoms with van der Waals surface area (Å²) in [5, 5.41) is 0. The predicted molar refractivity (Wildman–Crippen MR) is 44.6 cm³/mol. The summed E-state index contributed by atoms with van der Waals surface area (Å²) in [5.41, 5.74) is 0.386. The Bertz CT molecular complexity index is 253. The van der Waals surface area contributed by atoms with E-state index < -0.39 is 0 Å². The van der Waals surface area contributed by atoms with Crippen molar-refractivity contribution in [1.29, 1.82) is 0 Å². The fourth-order valence-electron chi connectivity index (χ4n) is 0.579. The standard InChI is InChI=1S/C6H7N3OS/c1-11-9-6-7-3-2-5(4-10)8-6/h2-4H,1H3,(H,7,8,9). The molecule has 0 bridgehead atoms. The van der Waals surface area contributed by atoms with Crippen molar-refractivity contribution < 1.29 is 4.79 Å². The van der Waals surface area contributed by atoms with E-state index in [9.17, 15) is 4.79 Å². The van der Waals surface area contributed by atoms with E-state index in [-0.39, 0.29) is 0 Å². The first kappa shape index (κ1) is 8.00. The molecule has 0 amide bonds. The van der Waals surface area contributed by atoms with Crippen LogP contribution in [-0.2, 0) is 0 Å². The lowest BCUT2D eigenvalue weighted by Gasteiger charge is -1.97. The van der Waals surface area contributed by atoms with Crippen molar-refractivity contribution in [3.63, 3.8) is 0 Å². The summed E-state index contributed by atoms with van der Waals surface area (Å²) in [6, 6.07) is 1.55. The second-order valence-electron chi connectivity index (χ2n) is 1.73. The van der Waals surface area contributed by atoms with Gasteiger partial charge in [0.1, 0.15) is 5.69 Å². The van der Waals surface area contributed by atoms with Gasteiger partial charge in [-0.25, -0.2) is 9.97 Å². The number of carbonyl (C=O) groups excluding carboxylic acids is 1. The topological polar surface area (TPSA) is 54.9 Å². The predicted octanol–water partition coefficient (Wildman–Crippen LogP) is 0.979. The average Bonchev–Trinajstić information content (AvgIpc) is 2.06. The molecule has 1 aromatic heterocycles. The van der Waals surface area contributed by atoms with Gasteiger partial charge in [-0.05, 0) is 6.07 Å². The van der Waals surface area contributed by atoms with Gasteiger partial charge in [-0.3, -0.25) is 9.52 Å².